The molecule has 0 radical (unpaired) electrons. The van der Waals surface area contributed by atoms with Crippen molar-refractivity contribution in [1.82, 2.24) is 4.31 Å². The van der Waals surface area contributed by atoms with Crippen molar-refractivity contribution in [2.45, 2.75) is 4.90 Å². The number of hydrogen-bond donors (Lipinski definition) is 2. The smallest absolute Gasteiger partial charge is 0.306 e. The van der Waals surface area contributed by atoms with Gasteiger partial charge in [-0.2, -0.15) is 4.39 Å². The van der Waals surface area contributed by atoms with Crippen LogP contribution in [0.1, 0.15) is 0 Å². The van der Waals surface area contributed by atoms with Gasteiger partial charge in [0.2, 0.25) is 21.7 Å². The summed E-state index contributed by atoms with van der Waals surface area (Å²) in [6, 6.07) is 8.90. The number of anilines is 2. The third-order valence-corrected chi connectivity index (χ3v) is 5.30. The van der Waals surface area contributed by atoms with Crippen LogP contribution in [0.5, 0.6) is 0 Å². The quantitative estimate of drug-likeness (QED) is 0.546. The van der Waals surface area contributed by atoms with Crippen molar-refractivity contribution in [3.05, 3.63) is 58.4 Å². The van der Waals surface area contributed by atoms with Gasteiger partial charge < -0.3 is 10.6 Å². The minimum Gasteiger partial charge on any atom is -0.376 e. The maximum absolute atomic E-state index is 13.3. The van der Waals surface area contributed by atoms with Crippen molar-refractivity contribution in [2.75, 3.05) is 31.3 Å². The Hall–Kier alpha value is -3.05. The van der Waals surface area contributed by atoms with Crippen LogP contribution < -0.4 is 10.6 Å². The van der Waals surface area contributed by atoms with E-state index >= 15 is 0 Å². The molecule has 0 heterocycles. The molecule has 0 spiro atoms. The minimum atomic E-state index is -3.64. The zero-order chi connectivity index (χ0) is 20.2. The predicted octanol–water partition coefficient (Wildman–Crippen LogP) is 2.03. The van der Waals surface area contributed by atoms with Crippen LogP contribution in [0, 0.1) is 15.9 Å². The fourth-order valence-electron chi connectivity index (χ4n) is 2.10. The summed E-state index contributed by atoms with van der Waals surface area (Å²) < 4.78 is 38.6. The van der Waals surface area contributed by atoms with Gasteiger partial charge in [0.25, 0.3) is 0 Å². The molecule has 27 heavy (non-hydrogen) atoms. The Balaban J connectivity index is 2.05. The molecule has 0 aliphatic heterocycles. The first-order valence-electron chi connectivity index (χ1n) is 7.61. The molecular formula is C16H17FN4O5S. The van der Waals surface area contributed by atoms with Crippen LogP contribution in [-0.4, -0.2) is 44.2 Å². The van der Waals surface area contributed by atoms with Gasteiger partial charge in [0.1, 0.15) is 0 Å². The second-order valence-corrected chi connectivity index (χ2v) is 7.79. The van der Waals surface area contributed by atoms with Crippen molar-refractivity contribution in [2.24, 2.45) is 0 Å². The average Bonchev–Trinajstić information content (AvgIpc) is 2.60. The van der Waals surface area contributed by atoms with Gasteiger partial charge in [0.15, 0.2) is 0 Å². The Bertz CT molecular complexity index is 979. The molecule has 0 unspecified atom stereocenters. The molecule has 2 rings (SSSR count). The fraction of sp³-hybridized carbons (Fsp3) is 0.188. The Labute approximate surface area is 155 Å². The maximum Gasteiger partial charge on any atom is 0.306 e. The van der Waals surface area contributed by atoms with Gasteiger partial charge >= 0.3 is 5.69 Å². The number of carbonyl (C=O) groups excluding carboxylic acids is 1. The van der Waals surface area contributed by atoms with Crippen molar-refractivity contribution < 1.29 is 22.5 Å². The molecule has 0 fully saturated rings. The number of hydrogen-bond acceptors (Lipinski definition) is 6. The standard InChI is InChI=1S/C16H17FN4O5S/c1-20(2)27(25,26)13-5-3-4-12(8-13)19-16(22)10-18-11-6-7-14(17)15(9-11)21(23)24/h3-9,18H,10H2,1-2H3,(H,19,22). The highest BCUT2D eigenvalue weighted by Gasteiger charge is 2.18. The number of carbonyl (C=O) groups is 1. The van der Waals surface area contributed by atoms with E-state index in [1.54, 1.807) is 0 Å². The van der Waals surface area contributed by atoms with Crippen LogP contribution in [-0.2, 0) is 14.8 Å². The van der Waals surface area contributed by atoms with Crippen LogP contribution in [0.4, 0.5) is 21.5 Å². The van der Waals surface area contributed by atoms with Crippen molar-refractivity contribution in [3.8, 4) is 0 Å². The molecule has 0 aromatic heterocycles. The fourth-order valence-corrected chi connectivity index (χ4v) is 3.04. The predicted molar refractivity (Wildman–Crippen MR) is 97.5 cm³/mol. The average molecular weight is 396 g/mol. The molecule has 144 valence electrons. The van der Waals surface area contributed by atoms with Crippen molar-refractivity contribution >= 4 is 33.0 Å². The summed E-state index contributed by atoms with van der Waals surface area (Å²) in [4.78, 5) is 21.9. The number of nitrogens with zero attached hydrogens (tertiary/aromatic N) is 2. The van der Waals surface area contributed by atoms with Gasteiger partial charge in [-0.25, -0.2) is 12.7 Å². The lowest BCUT2D eigenvalue weighted by Gasteiger charge is -2.13. The molecule has 2 N–H and O–H groups in total. The molecule has 11 heteroatoms. The molecule has 2 aromatic carbocycles. The van der Waals surface area contributed by atoms with Crippen molar-refractivity contribution in [1.29, 1.82) is 0 Å². The van der Waals surface area contributed by atoms with E-state index in [2.05, 4.69) is 10.6 Å². The molecule has 0 atom stereocenters. The highest BCUT2D eigenvalue weighted by molar-refractivity contribution is 7.89. The molecule has 0 saturated carbocycles. The van der Waals surface area contributed by atoms with Gasteiger partial charge in [0, 0.05) is 31.5 Å². The first-order chi connectivity index (χ1) is 12.6. The number of nitro benzene ring substituents is 1. The third-order valence-electron chi connectivity index (χ3n) is 3.49. The highest BCUT2D eigenvalue weighted by atomic mass is 32.2. The second-order valence-electron chi connectivity index (χ2n) is 5.64. The second kappa shape index (κ2) is 8.10. The summed E-state index contributed by atoms with van der Waals surface area (Å²) in [7, 11) is -0.850. The topological polar surface area (TPSA) is 122 Å². The molecule has 0 aliphatic carbocycles. The lowest BCUT2D eigenvalue weighted by atomic mass is 10.2. The van der Waals surface area contributed by atoms with Gasteiger partial charge in [0.05, 0.1) is 16.4 Å². The van der Waals surface area contributed by atoms with Gasteiger partial charge in [-0.3, -0.25) is 14.9 Å². The zero-order valence-corrected chi connectivity index (χ0v) is 15.3. The third kappa shape index (κ3) is 4.99. The Kier molecular flexibility index (Phi) is 6.08. The Morgan fingerprint density at radius 3 is 2.52 bits per heavy atom. The first kappa shape index (κ1) is 20.3. The van der Waals surface area contributed by atoms with Gasteiger partial charge in [-0.05, 0) is 30.3 Å². The summed E-state index contributed by atoms with van der Waals surface area (Å²) in [6.07, 6.45) is 0. The number of nitrogens with one attached hydrogen (secondary N) is 2. The number of sulfonamides is 1. The minimum absolute atomic E-state index is 0.0208. The molecule has 0 saturated heterocycles. The monoisotopic (exact) mass is 396 g/mol. The highest BCUT2D eigenvalue weighted by Crippen LogP contribution is 2.21. The van der Waals surface area contributed by atoms with E-state index in [1.165, 1.54) is 44.4 Å². The molecule has 2 aromatic rings. The van der Waals surface area contributed by atoms with Crippen LogP contribution >= 0.6 is 0 Å². The van der Waals surface area contributed by atoms with Crippen LogP contribution in [0.25, 0.3) is 0 Å². The lowest BCUT2D eigenvalue weighted by Crippen LogP contribution is -2.23. The van der Waals surface area contributed by atoms with Gasteiger partial charge in [-0.15, -0.1) is 0 Å². The number of benzene rings is 2. The lowest BCUT2D eigenvalue weighted by molar-refractivity contribution is -0.387. The summed E-state index contributed by atoms with van der Waals surface area (Å²) in [5.41, 5.74) is -0.237. The number of nitro groups is 1. The van der Waals surface area contributed by atoms with Gasteiger partial charge in [-0.1, -0.05) is 6.07 Å². The molecule has 9 nitrogen and oxygen atoms in total. The van der Waals surface area contributed by atoms with E-state index in [9.17, 15) is 27.7 Å². The molecule has 1 amide bonds. The normalized spacial score (nSPS) is 11.3. The van der Waals surface area contributed by atoms with Crippen LogP contribution in [0.2, 0.25) is 0 Å². The summed E-state index contributed by atoms with van der Waals surface area (Å²) >= 11 is 0. The van der Waals surface area contributed by atoms with E-state index in [4.69, 9.17) is 0 Å². The van der Waals surface area contributed by atoms with Crippen molar-refractivity contribution in [3.63, 3.8) is 0 Å². The Morgan fingerprint density at radius 2 is 1.89 bits per heavy atom. The summed E-state index contributed by atoms with van der Waals surface area (Å²) in [5.74, 6) is -1.49. The van der Waals surface area contributed by atoms with E-state index in [-0.39, 0.29) is 22.8 Å². The zero-order valence-electron chi connectivity index (χ0n) is 14.5. The maximum atomic E-state index is 13.3. The summed E-state index contributed by atoms with van der Waals surface area (Å²) in [6.45, 7) is -0.257. The number of rotatable bonds is 7. The largest absolute Gasteiger partial charge is 0.376 e. The summed E-state index contributed by atoms with van der Waals surface area (Å²) in [5, 5.41) is 15.9. The van der Waals surface area contributed by atoms with E-state index in [0.717, 1.165) is 16.4 Å². The van der Waals surface area contributed by atoms with Crippen LogP contribution in [0.15, 0.2) is 47.4 Å². The van der Waals surface area contributed by atoms with E-state index in [1.807, 2.05) is 0 Å². The number of amides is 1. The van der Waals surface area contributed by atoms with E-state index in [0.29, 0.717) is 0 Å². The molecular weight excluding hydrogens is 379 g/mol. The van der Waals surface area contributed by atoms with Crippen LogP contribution in [0.3, 0.4) is 0 Å². The Morgan fingerprint density at radius 1 is 1.19 bits per heavy atom. The first-order valence-corrected chi connectivity index (χ1v) is 9.05. The molecule has 0 bridgehead atoms. The van der Waals surface area contributed by atoms with E-state index < -0.39 is 32.4 Å². The molecule has 0 aliphatic rings. The SMILES string of the molecule is CN(C)S(=O)(=O)c1cccc(NC(=O)CNc2ccc(F)c([N+](=O)[O-])c2)c1. The number of halogens is 1.